The van der Waals surface area contributed by atoms with Crippen molar-refractivity contribution in [1.82, 2.24) is 0 Å². The quantitative estimate of drug-likeness (QED) is 0.716. The van der Waals surface area contributed by atoms with E-state index in [1.54, 1.807) is 12.1 Å². The molecule has 0 saturated carbocycles. The molecule has 1 aromatic rings. The molecule has 1 N–H and O–H groups in total. The Morgan fingerprint density at radius 1 is 1.42 bits per heavy atom. The van der Waals surface area contributed by atoms with E-state index in [1.165, 1.54) is 0 Å². The van der Waals surface area contributed by atoms with Crippen LogP contribution < -0.4 is 0 Å². The third-order valence-electron chi connectivity index (χ3n) is 1.37. The third kappa shape index (κ3) is 2.41. The Morgan fingerprint density at radius 3 is 2.50 bits per heavy atom. The fourth-order valence-corrected chi connectivity index (χ4v) is 1.36. The molecule has 0 aliphatic carbocycles. The van der Waals surface area contributed by atoms with Crippen molar-refractivity contribution in [3.05, 3.63) is 29.8 Å². The smallest absolute Gasteiger partial charge is 0.191 e. The molecule has 0 heterocycles. The number of aliphatic hydroxyl groups excluding tert-OH is 1. The topological polar surface area (TPSA) is 46.5 Å². The molecule has 0 bridgehead atoms. The Kier molecular flexibility index (Phi) is 3.40. The van der Waals surface area contributed by atoms with Gasteiger partial charge in [0.15, 0.2) is 17.9 Å². The number of aryl methyl sites for hydroxylation is 1. The lowest BCUT2D eigenvalue weighted by molar-refractivity contribution is 0.112. The molecular formula is C8H10O3S. The fraction of sp³-hybridized carbons (Fsp3) is 0.250. The number of aliphatic hydroxyl groups is 1. The predicted molar refractivity (Wildman–Crippen MR) is 45.8 cm³/mol. The zero-order valence-electron chi connectivity index (χ0n) is 6.69. The first-order valence-electron chi connectivity index (χ1n) is 3.46. The van der Waals surface area contributed by atoms with Crippen LogP contribution in [0.3, 0.4) is 0 Å². The zero-order chi connectivity index (χ0) is 8.97. The van der Waals surface area contributed by atoms with Crippen LogP contribution in [-0.4, -0.2) is 16.1 Å². The van der Waals surface area contributed by atoms with Crippen molar-refractivity contribution in [1.29, 1.82) is 0 Å². The van der Waals surface area contributed by atoms with Crippen LogP contribution in [0.2, 0.25) is 0 Å². The van der Waals surface area contributed by atoms with Gasteiger partial charge in [-0.3, -0.25) is 4.18 Å². The molecule has 0 amide bonds. The van der Waals surface area contributed by atoms with Gasteiger partial charge in [-0.05, 0) is 19.1 Å². The lowest BCUT2D eigenvalue weighted by Crippen LogP contribution is -1.98. The Bertz CT molecular complexity index is 268. The molecule has 0 radical (unpaired) electrons. The Hall–Kier alpha value is -0.710. The highest BCUT2D eigenvalue weighted by molar-refractivity contribution is 7.80. The van der Waals surface area contributed by atoms with Gasteiger partial charge in [-0.15, -0.1) is 0 Å². The molecule has 1 aromatic carbocycles. The van der Waals surface area contributed by atoms with Crippen LogP contribution in [0.4, 0.5) is 0 Å². The molecule has 12 heavy (non-hydrogen) atoms. The van der Waals surface area contributed by atoms with Gasteiger partial charge in [0.05, 0.1) is 4.90 Å². The van der Waals surface area contributed by atoms with E-state index in [4.69, 9.17) is 5.11 Å². The van der Waals surface area contributed by atoms with Gasteiger partial charge >= 0.3 is 0 Å². The summed E-state index contributed by atoms with van der Waals surface area (Å²) in [5.74, 6) is 0. The van der Waals surface area contributed by atoms with Crippen LogP contribution in [-0.2, 0) is 15.3 Å². The van der Waals surface area contributed by atoms with Gasteiger partial charge in [0.1, 0.15) is 0 Å². The molecule has 4 heteroatoms. The maximum Gasteiger partial charge on any atom is 0.191 e. The minimum atomic E-state index is -1.54. The van der Waals surface area contributed by atoms with Crippen molar-refractivity contribution in [3.63, 3.8) is 0 Å². The monoisotopic (exact) mass is 186 g/mol. The summed E-state index contributed by atoms with van der Waals surface area (Å²) in [6.45, 7) is 1.42. The summed E-state index contributed by atoms with van der Waals surface area (Å²) in [6.07, 6.45) is 0. The summed E-state index contributed by atoms with van der Waals surface area (Å²) in [5, 5.41) is 8.34. The summed E-state index contributed by atoms with van der Waals surface area (Å²) < 4.78 is 15.6. The van der Waals surface area contributed by atoms with Crippen LogP contribution in [0.15, 0.2) is 29.2 Å². The van der Waals surface area contributed by atoms with Crippen molar-refractivity contribution in [2.24, 2.45) is 0 Å². The van der Waals surface area contributed by atoms with Crippen molar-refractivity contribution >= 4 is 11.1 Å². The molecule has 0 spiro atoms. The Morgan fingerprint density at radius 2 is 2.00 bits per heavy atom. The van der Waals surface area contributed by atoms with Crippen molar-refractivity contribution in [2.45, 2.75) is 11.8 Å². The van der Waals surface area contributed by atoms with E-state index in [0.717, 1.165) is 5.56 Å². The van der Waals surface area contributed by atoms with E-state index in [0.29, 0.717) is 4.90 Å². The van der Waals surface area contributed by atoms with E-state index >= 15 is 0 Å². The molecule has 66 valence electrons. The van der Waals surface area contributed by atoms with Gasteiger partial charge in [-0.25, -0.2) is 4.21 Å². The molecule has 0 fully saturated rings. The molecule has 1 rings (SSSR count). The maximum atomic E-state index is 11.1. The Balaban J connectivity index is 2.75. The molecule has 3 nitrogen and oxygen atoms in total. The maximum absolute atomic E-state index is 11.1. The summed E-state index contributed by atoms with van der Waals surface area (Å²) in [7, 11) is 0. The van der Waals surface area contributed by atoms with E-state index in [2.05, 4.69) is 4.18 Å². The summed E-state index contributed by atoms with van der Waals surface area (Å²) >= 11 is -1.54. The molecule has 0 aliphatic rings. The Labute approximate surface area is 73.7 Å². The SMILES string of the molecule is Cc1ccc(S(=O)OCO)cc1. The molecule has 1 unspecified atom stereocenters. The van der Waals surface area contributed by atoms with Gasteiger partial charge in [0.25, 0.3) is 0 Å². The lowest BCUT2D eigenvalue weighted by Gasteiger charge is -1.99. The van der Waals surface area contributed by atoms with E-state index < -0.39 is 17.9 Å². The van der Waals surface area contributed by atoms with Gasteiger partial charge in [-0.1, -0.05) is 17.7 Å². The van der Waals surface area contributed by atoms with Crippen LogP contribution >= 0.6 is 0 Å². The second-order valence-corrected chi connectivity index (χ2v) is 3.47. The van der Waals surface area contributed by atoms with E-state index in [9.17, 15) is 4.21 Å². The minimum Gasteiger partial charge on any atom is -0.369 e. The van der Waals surface area contributed by atoms with Gasteiger partial charge in [-0.2, -0.15) is 0 Å². The molecule has 1 atom stereocenters. The first-order valence-corrected chi connectivity index (χ1v) is 4.54. The van der Waals surface area contributed by atoms with Crippen LogP contribution in [0.5, 0.6) is 0 Å². The summed E-state index contributed by atoms with van der Waals surface area (Å²) in [4.78, 5) is 0.564. The van der Waals surface area contributed by atoms with Crippen LogP contribution in [0.25, 0.3) is 0 Å². The first-order chi connectivity index (χ1) is 5.74. The van der Waals surface area contributed by atoms with E-state index in [-0.39, 0.29) is 0 Å². The zero-order valence-corrected chi connectivity index (χ0v) is 7.50. The number of benzene rings is 1. The average Bonchev–Trinajstić information content (AvgIpc) is 2.06. The highest BCUT2D eigenvalue weighted by Crippen LogP contribution is 2.08. The first kappa shape index (κ1) is 9.38. The normalized spacial score (nSPS) is 12.8. The molecular weight excluding hydrogens is 176 g/mol. The predicted octanol–water partition coefficient (Wildman–Crippen LogP) is 0.984. The molecule has 0 aliphatic heterocycles. The summed E-state index contributed by atoms with van der Waals surface area (Å²) in [6, 6.07) is 7.10. The molecule has 0 aromatic heterocycles. The summed E-state index contributed by atoms with van der Waals surface area (Å²) in [5.41, 5.74) is 1.10. The fourth-order valence-electron chi connectivity index (χ4n) is 0.765. The van der Waals surface area contributed by atoms with Crippen molar-refractivity contribution in [2.75, 3.05) is 6.79 Å². The van der Waals surface area contributed by atoms with Crippen molar-refractivity contribution < 1.29 is 13.5 Å². The van der Waals surface area contributed by atoms with E-state index in [1.807, 2.05) is 19.1 Å². The van der Waals surface area contributed by atoms with Gasteiger partial charge in [0, 0.05) is 0 Å². The highest BCUT2D eigenvalue weighted by atomic mass is 32.2. The largest absolute Gasteiger partial charge is 0.369 e. The number of rotatable bonds is 3. The molecule has 0 saturated heterocycles. The lowest BCUT2D eigenvalue weighted by atomic mass is 10.2. The second-order valence-electron chi connectivity index (χ2n) is 2.29. The minimum absolute atomic E-state index is 0.527. The van der Waals surface area contributed by atoms with Crippen LogP contribution in [0, 0.1) is 6.92 Å². The average molecular weight is 186 g/mol. The van der Waals surface area contributed by atoms with Crippen LogP contribution in [0.1, 0.15) is 5.56 Å². The number of hydrogen-bond acceptors (Lipinski definition) is 3. The van der Waals surface area contributed by atoms with Crippen molar-refractivity contribution in [3.8, 4) is 0 Å². The third-order valence-corrected chi connectivity index (χ3v) is 2.35. The number of hydrogen-bond donors (Lipinski definition) is 1. The van der Waals surface area contributed by atoms with Gasteiger partial charge in [0.2, 0.25) is 0 Å². The standard InChI is InChI=1S/C8H10O3S/c1-7-2-4-8(5-3-7)12(10)11-6-9/h2-5,9H,6H2,1H3. The van der Waals surface area contributed by atoms with Gasteiger partial charge < -0.3 is 5.11 Å². The highest BCUT2D eigenvalue weighted by Gasteiger charge is 2.01. The second kappa shape index (κ2) is 4.35.